The van der Waals surface area contributed by atoms with Gasteiger partial charge in [0.25, 0.3) is 0 Å². The normalized spacial score (nSPS) is 17.7. The summed E-state index contributed by atoms with van der Waals surface area (Å²) in [6, 6.07) is 53.1. The van der Waals surface area contributed by atoms with Crippen LogP contribution in [-0.2, 0) is 5.41 Å². The molecule has 7 aromatic carbocycles. The molecule has 0 radical (unpaired) electrons. The van der Waals surface area contributed by atoms with Gasteiger partial charge in [0.2, 0.25) is 0 Å². The average molecular weight is 672 g/mol. The Morgan fingerprint density at radius 2 is 1.23 bits per heavy atom. The Hall–Kier alpha value is -6.63. The van der Waals surface area contributed by atoms with Crippen molar-refractivity contribution in [3.8, 4) is 22.3 Å². The Kier molecular flexibility index (Phi) is 5.99. The van der Waals surface area contributed by atoms with Crippen molar-refractivity contribution in [2.45, 2.75) is 17.7 Å². The summed E-state index contributed by atoms with van der Waals surface area (Å²) < 4.78 is 6.74. The van der Waals surface area contributed by atoms with E-state index in [2.05, 4.69) is 114 Å². The highest BCUT2D eigenvalue weighted by Gasteiger charge is 2.52. The van der Waals surface area contributed by atoms with E-state index in [4.69, 9.17) is 20.9 Å². The molecule has 2 heterocycles. The number of nitrogen functional groups attached to an aromatic ring is 2. The van der Waals surface area contributed by atoms with Crippen LogP contribution in [-0.4, -0.2) is 5.84 Å². The van der Waals surface area contributed by atoms with Crippen LogP contribution in [0.3, 0.4) is 0 Å². The number of rotatable bonds is 3. The average Bonchev–Trinajstić information content (AvgIpc) is 3.81. The van der Waals surface area contributed by atoms with Gasteiger partial charge in [-0.1, -0.05) is 121 Å². The van der Waals surface area contributed by atoms with Crippen molar-refractivity contribution in [2.75, 3.05) is 11.5 Å². The first-order valence-electron chi connectivity index (χ1n) is 17.7. The summed E-state index contributed by atoms with van der Waals surface area (Å²) in [5, 5.41) is 9.34. The summed E-state index contributed by atoms with van der Waals surface area (Å²) in [6.45, 7) is 0. The monoisotopic (exact) mass is 671 g/mol. The van der Waals surface area contributed by atoms with Crippen molar-refractivity contribution < 1.29 is 4.42 Å². The van der Waals surface area contributed by atoms with Crippen LogP contribution in [0.4, 0.5) is 11.4 Å². The molecule has 0 saturated heterocycles. The second-order valence-electron chi connectivity index (χ2n) is 14.0. The van der Waals surface area contributed by atoms with Gasteiger partial charge in [-0.05, 0) is 86.0 Å². The second-order valence-corrected chi connectivity index (χ2v) is 14.0. The van der Waals surface area contributed by atoms with E-state index in [0.29, 0.717) is 11.5 Å². The molecular formula is C46H33N5O. The van der Waals surface area contributed by atoms with Gasteiger partial charge >= 0.3 is 0 Å². The summed E-state index contributed by atoms with van der Waals surface area (Å²) >= 11 is 0. The summed E-state index contributed by atoms with van der Waals surface area (Å²) in [5.74, 6) is 0.713. The Morgan fingerprint density at radius 1 is 0.558 bits per heavy atom. The molecule has 248 valence electrons. The maximum Gasteiger partial charge on any atom is 0.136 e. The highest BCUT2D eigenvalue weighted by molar-refractivity contribution is 6.18. The third kappa shape index (κ3) is 3.90. The molecule has 1 aromatic heterocycles. The molecule has 52 heavy (non-hydrogen) atoms. The number of nitrogens with two attached hydrogens (primary N) is 2. The van der Waals surface area contributed by atoms with Crippen molar-refractivity contribution >= 4 is 39.1 Å². The van der Waals surface area contributed by atoms with E-state index in [-0.39, 0.29) is 12.3 Å². The fourth-order valence-corrected chi connectivity index (χ4v) is 9.10. The molecule has 0 saturated carbocycles. The lowest BCUT2D eigenvalue weighted by molar-refractivity contribution is 0.409. The standard InChI is InChI=1S/C46H33N5O/c47-28-19-20-31-37(23-28)46(34-17-9-7-15-29(34)30-16-8-10-18-35(30)46)36-21-22-39-42(41(31)36)33-24-38(48)32(25-40(33)52-39)45-50-43(26-11-3-1-4-12-26)49-44(51-45)27-13-5-2-6-14-27/h1-25,43-44,49H,47-48H2,(H,50,51). The predicted octanol–water partition coefficient (Wildman–Crippen LogP) is 9.43. The van der Waals surface area contributed by atoms with Crippen LogP contribution in [0.25, 0.3) is 44.2 Å². The van der Waals surface area contributed by atoms with Crippen molar-refractivity contribution in [2.24, 2.45) is 4.99 Å². The van der Waals surface area contributed by atoms with Gasteiger partial charge < -0.3 is 21.2 Å². The highest BCUT2D eigenvalue weighted by atomic mass is 16.3. The molecule has 2 aliphatic carbocycles. The minimum absolute atomic E-state index is 0.176. The zero-order valence-corrected chi connectivity index (χ0v) is 28.1. The molecule has 11 rings (SSSR count). The number of furan rings is 1. The molecule has 0 fully saturated rings. The number of aliphatic imine (C=N–C) groups is 1. The zero-order chi connectivity index (χ0) is 34.6. The van der Waals surface area contributed by atoms with Gasteiger partial charge in [-0.25, -0.2) is 4.99 Å². The van der Waals surface area contributed by atoms with Gasteiger partial charge in [0, 0.05) is 27.7 Å². The summed E-state index contributed by atoms with van der Waals surface area (Å²) in [6.07, 6.45) is -0.445. The first kappa shape index (κ1) is 29.1. The van der Waals surface area contributed by atoms with Crippen LogP contribution in [0.1, 0.15) is 51.3 Å². The van der Waals surface area contributed by atoms with Gasteiger partial charge in [0.15, 0.2) is 0 Å². The van der Waals surface area contributed by atoms with Crippen LogP contribution in [0, 0.1) is 0 Å². The van der Waals surface area contributed by atoms with E-state index in [1.807, 2.05) is 48.5 Å². The number of hydrogen-bond acceptors (Lipinski definition) is 6. The molecule has 3 aliphatic rings. The van der Waals surface area contributed by atoms with Crippen LogP contribution in [0.15, 0.2) is 161 Å². The third-order valence-corrected chi connectivity index (χ3v) is 11.2. The first-order valence-corrected chi connectivity index (χ1v) is 17.7. The summed E-state index contributed by atoms with van der Waals surface area (Å²) in [4.78, 5) is 5.17. The maximum atomic E-state index is 7.04. The predicted molar refractivity (Wildman–Crippen MR) is 210 cm³/mol. The molecule has 8 aromatic rings. The van der Waals surface area contributed by atoms with Crippen molar-refractivity contribution in [3.05, 3.63) is 191 Å². The molecule has 0 amide bonds. The van der Waals surface area contributed by atoms with E-state index in [0.717, 1.165) is 55.4 Å². The lowest BCUT2D eigenvalue weighted by atomic mass is 9.70. The zero-order valence-electron chi connectivity index (χ0n) is 28.1. The topological polar surface area (TPSA) is 102 Å². The van der Waals surface area contributed by atoms with E-state index in [9.17, 15) is 0 Å². The maximum absolute atomic E-state index is 7.04. The number of anilines is 2. The fraction of sp³-hybridized carbons (Fsp3) is 0.0652. The minimum atomic E-state index is -0.511. The van der Waals surface area contributed by atoms with Gasteiger partial charge in [0.1, 0.15) is 29.3 Å². The van der Waals surface area contributed by atoms with Crippen molar-refractivity contribution in [1.82, 2.24) is 10.6 Å². The molecule has 0 bridgehead atoms. The van der Waals surface area contributed by atoms with Crippen LogP contribution < -0.4 is 22.1 Å². The molecular weight excluding hydrogens is 639 g/mol. The van der Waals surface area contributed by atoms with Gasteiger partial charge in [-0.2, -0.15) is 0 Å². The molecule has 1 aliphatic heterocycles. The minimum Gasteiger partial charge on any atom is -0.456 e. The number of fused-ring (bicyclic) bond motifs is 14. The SMILES string of the molecule is Nc1ccc2c(c1)C1(c3ccccc3-c3ccccc31)c1ccc3oc4cc(C5=NC(c6ccccc6)NC(c6ccccc6)N5)c(N)cc4c3c1-2. The lowest BCUT2D eigenvalue weighted by Crippen LogP contribution is -2.45. The number of hydrogen-bond donors (Lipinski definition) is 4. The third-order valence-electron chi connectivity index (χ3n) is 11.2. The van der Waals surface area contributed by atoms with Gasteiger partial charge in [0.05, 0.1) is 5.41 Å². The highest BCUT2D eigenvalue weighted by Crippen LogP contribution is 2.64. The Balaban J connectivity index is 1.14. The van der Waals surface area contributed by atoms with Crippen molar-refractivity contribution in [3.63, 3.8) is 0 Å². The molecule has 2 unspecified atom stereocenters. The van der Waals surface area contributed by atoms with E-state index in [1.54, 1.807) is 0 Å². The van der Waals surface area contributed by atoms with E-state index < -0.39 is 5.41 Å². The summed E-state index contributed by atoms with van der Waals surface area (Å²) in [7, 11) is 0. The van der Waals surface area contributed by atoms with Crippen LogP contribution in [0.2, 0.25) is 0 Å². The Bertz CT molecular complexity index is 2740. The van der Waals surface area contributed by atoms with Gasteiger partial charge in [-0.15, -0.1) is 0 Å². The Morgan fingerprint density at radius 3 is 1.96 bits per heavy atom. The summed E-state index contributed by atoms with van der Waals surface area (Å²) in [5.41, 5.74) is 28.8. The van der Waals surface area contributed by atoms with Crippen molar-refractivity contribution in [1.29, 1.82) is 0 Å². The first-order chi connectivity index (χ1) is 25.6. The number of nitrogens with one attached hydrogen (secondary N) is 2. The number of amidine groups is 1. The lowest BCUT2D eigenvalue weighted by Gasteiger charge is -2.32. The second kappa shape index (κ2) is 10.7. The van der Waals surface area contributed by atoms with E-state index >= 15 is 0 Å². The fourth-order valence-electron chi connectivity index (χ4n) is 9.10. The number of benzene rings is 7. The van der Waals surface area contributed by atoms with Crippen LogP contribution >= 0.6 is 0 Å². The molecule has 6 nitrogen and oxygen atoms in total. The molecule has 1 spiro atoms. The smallest absolute Gasteiger partial charge is 0.136 e. The van der Waals surface area contributed by atoms with Gasteiger partial charge in [-0.3, -0.25) is 5.32 Å². The van der Waals surface area contributed by atoms with Crippen LogP contribution in [0.5, 0.6) is 0 Å². The Labute approximate surface area is 300 Å². The molecule has 6 heteroatoms. The quantitative estimate of drug-likeness (QED) is 0.140. The van der Waals surface area contributed by atoms with E-state index in [1.165, 1.54) is 33.4 Å². The largest absolute Gasteiger partial charge is 0.456 e. The molecule has 2 atom stereocenters. The number of nitrogens with zero attached hydrogens (tertiary/aromatic N) is 1. The molecule has 6 N–H and O–H groups in total.